The second kappa shape index (κ2) is 4.41. The summed E-state index contributed by atoms with van der Waals surface area (Å²) in [6, 6.07) is 7.83. The molecule has 0 bridgehead atoms. The van der Waals surface area contributed by atoms with Gasteiger partial charge < -0.3 is 4.98 Å². The van der Waals surface area contributed by atoms with Crippen LogP contribution in [-0.2, 0) is 4.79 Å². The maximum absolute atomic E-state index is 12.5. The van der Waals surface area contributed by atoms with Crippen LogP contribution in [0.3, 0.4) is 0 Å². The van der Waals surface area contributed by atoms with Gasteiger partial charge in [0.2, 0.25) is 0 Å². The van der Waals surface area contributed by atoms with Crippen molar-refractivity contribution in [1.82, 2.24) is 4.98 Å². The van der Waals surface area contributed by atoms with Gasteiger partial charge in [0.1, 0.15) is 5.78 Å². The Labute approximate surface area is 105 Å². The number of carbonyl (C=O) groups is 2. The Hall–Kier alpha value is -1.90. The summed E-state index contributed by atoms with van der Waals surface area (Å²) in [6.45, 7) is 0. The summed E-state index contributed by atoms with van der Waals surface area (Å²) in [5.74, 6) is 0.486. The zero-order valence-corrected chi connectivity index (χ0v) is 10.1. The lowest BCUT2D eigenvalue weighted by Gasteiger charge is -2.19. The maximum Gasteiger partial charge on any atom is 0.168 e. The first-order valence-corrected chi connectivity index (χ1v) is 6.38. The zero-order valence-electron chi connectivity index (χ0n) is 10.1. The van der Waals surface area contributed by atoms with Crippen LogP contribution >= 0.6 is 0 Å². The first kappa shape index (κ1) is 11.2. The number of benzene rings is 1. The molecule has 1 heterocycles. The van der Waals surface area contributed by atoms with Gasteiger partial charge in [-0.2, -0.15) is 0 Å². The molecule has 1 aromatic heterocycles. The molecule has 0 radical (unpaired) electrons. The highest BCUT2D eigenvalue weighted by molar-refractivity contribution is 6.09. The first-order valence-electron chi connectivity index (χ1n) is 6.38. The van der Waals surface area contributed by atoms with Crippen molar-refractivity contribution in [3.63, 3.8) is 0 Å². The lowest BCUT2D eigenvalue weighted by molar-refractivity contribution is -0.120. The van der Waals surface area contributed by atoms with E-state index in [-0.39, 0.29) is 17.5 Å². The fourth-order valence-electron chi connectivity index (χ4n) is 2.70. The number of aromatic nitrogens is 1. The molecule has 0 saturated heterocycles. The lowest BCUT2D eigenvalue weighted by atomic mass is 9.83. The van der Waals surface area contributed by atoms with Gasteiger partial charge in [-0.25, -0.2) is 0 Å². The minimum Gasteiger partial charge on any atom is -0.360 e. The number of para-hydroxylation sites is 1. The van der Waals surface area contributed by atoms with Crippen LogP contribution in [-0.4, -0.2) is 16.6 Å². The Kier molecular flexibility index (Phi) is 2.74. The number of nitrogens with one attached hydrogen (secondary N) is 1. The molecule has 0 aliphatic heterocycles. The Bertz CT molecular complexity index is 602. The van der Waals surface area contributed by atoms with E-state index < -0.39 is 0 Å². The van der Waals surface area contributed by atoms with Crippen LogP contribution < -0.4 is 0 Å². The monoisotopic (exact) mass is 241 g/mol. The van der Waals surface area contributed by atoms with Crippen LogP contribution in [0.5, 0.6) is 0 Å². The molecular weight excluding hydrogens is 226 g/mol. The molecule has 1 fully saturated rings. The van der Waals surface area contributed by atoms with Gasteiger partial charge in [0.05, 0.1) is 0 Å². The summed E-state index contributed by atoms with van der Waals surface area (Å²) < 4.78 is 0. The third-order valence-corrected chi connectivity index (χ3v) is 3.77. The molecule has 0 amide bonds. The van der Waals surface area contributed by atoms with Gasteiger partial charge in [0, 0.05) is 41.4 Å². The van der Waals surface area contributed by atoms with Gasteiger partial charge in [0.25, 0.3) is 0 Å². The van der Waals surface area contributed by atoms with Crippen LogP contribution in [0.4, 0.5) is 0 Å². The highest BCUT2D eigenvalue weighted by Gasteiger charge is 2.26. The van der Waals surface area contributed by atoms with Gasteiger partial charge in [-0.05, 0) is 18.9 Å². The van der Waals surface area contributed by atoms with Crippen molar-refractivity contribution < 1.29 is 9.59 Å². The number of hydrogen-bond acceptors (Lipinski definition) is 2. The highest BCUT2D eigenvalue weighted by atomic mass is 16.1. The molecule has 0 atom stereocenters. The molecule has 1 N–H and O–H groups in total. The molecule has 3 rings (SSSR count). The van der Waals surface area contributed by atoms with Crippen molar-refractivity contribution in [1.29, 1.82) is 0 Å². The van der Waals surface area contributed by atoms with E-state index in [1.807, 2.05) is 24.3 Å². The Morgan fingerprint density at radius 2 is 1.89 bits per heavy atom. The highest BCUT2D eigenvalue weighted by Crippen LogP contribution is 2.28. The van der Waals surface area contributed by atoms with Crippen LogP contribution in [0.15, 0.2) is 30.5 Å². The van der Waals surface area contributed by atoms with Crippen molar-refractivity contribution >= 4 is 22.5 Å². The van der Waals surface area contributed by atoms with Crippen molar-refractivity contribution in [3.05, 3.63) is 36.0 Å². The van der Waals surface area contributed by atoms with Gasteiger partial charge in [-0.15, -0.1) is 0 Å². The molecule has 3 nitrogen and oxygen atoms in total. The molecule has 1 saturated carbocycles. The molecule has 1 aromatic carbocycles. The standard InChI is InChI=1S/C15H15NO2/c17-11-7-5-10(6-8-11)15(18)13-9-16-14-4-2-1-3-12(13)14/h1-4,9-10,16H,5-8H2. The summed E-state index contributed by atoms with van der Waals surface area (Å²) in [4.78, 5) is 26.8. The lowest BCUT2D eigenvalue weighted by Crippen LogP contribution is -2.21. The van der Waals surface area contributed by atoms with Crippen LogP contribution in [0.2, 0.25) is 0 Å². The van der Waals surface area contributed by atoms with Crippen molar-refractivity contribution in [3.8, 4) is 0 Å². The minimum atomic E-state index is 0.0157. The average Bonchev–Trinajstić information content (AvgIpc) is 2.82. The summed E-state index contributed by atoms with van der Waals surface area (Å²) in [5, 5.41) is 0.986. The van der Waals surface area contributed by atoms with E-state index in [0.717, 1.165) is 16.5 Å². The predicted octanol–water partition coefficient (Wildman–Crippen LogP) is 3.11. The van der Waals surface area contributed by atoms with E-state index >= 15 is 0 Å². The molecule has 92 valence electrons. The quantitative estimate of drug-likeness (QED) is 0.821. The van der Waals surface area contributed by atoms with E-state index in [1.165, 1.54) is 0 Å². The minimum absolute atomic E-state index is 0.0157. The second-order valence-corrected chi connectivity index (χ2v) is 4.93. The van der Waals surface area contributed by atoms with Crippen LogP contribution in [0, 0.1) is 5.92 Å². The van der Waals surface area contributed by atoms with Gasteiger partial charge >= 0.3 is 0 Å². The number of rotatable bonds is 2. The number of fused-ring (bicyclic) bond motifs is 1. The van der Waals surface area contributed by atoms with E-state index in [4.69, 9.17) is 0 Å². The molecule has 0 spiro atoms. The SMILES string of the molecule is O=C1CCC(C(=O)c2c[nH]c3ccccc23)CC1. The molecule has 3 heteroatoms. The first-order chi connectivity index (χ1) is 8.75. The molecule has 2 aromatic rings. The Morgan fingerprint density at radius 3 is 2.67 bits per heavy atom. The summed E-state index contributed by atoms with van der Waals surface area (Å²) in [6.07, 6.45) is 4.31. The molecule has 1 aliphatic rings. The second-order valence-electron chi connectivity index (χ2n) is 4.93. The largest absolute Gasteiger partial charge is 0.360 e. The molecule has 0 unspecified atom stereocenters. The number of aromatic amines is 1. The summed E-state index contributed by atoms with van der Waals surface area (Å²) in [7, 11) is 0. The topological polar surface area (TPSA) is 49.9 Å². The van der Waals surface area contributed by atoms with Crippen molar-refractivity contribution in [2.45, 2.75) is 25.7 Å². The molecule has 18 heavy (non-hydrogen) atoms. The molecular formula is C15H15NO2. The maximum atomic E-state index is 12.5. The number of hydrogen-bond donors (Lipinski definition) is 1. The Morgan fingerprint density at radius 1 is 1.17 bits per heavy atom. The fraction of sp³-hybridized carbons (Fsp3) is 0.333. The summed E-state index contributed by atoms with van der Waals surface area (Å²) in [5.41, 5.74) is 1.76. The van der Waals surface area contributed by atoms with Crippen molar-refractivity contribution in [2.75, 3.05) is 0 Å². The number of carbonyl (C=O) groups excluding carboxylic acids is 2. The van der Waals surface area contributed by atoms with Crippen LogP contribution in [0.1, 0.15) is 36.0 Å². The predicted molar refractivity (Wildman–Crippen MR) is 69.6 cm³/mol. The zero-order chi connectivity index (χ0) is 12.5. The summed E-state index contributed by atoms with van der Waals surface area (Å²) >= 11 is 0. The van der Waals surface area contributed by atoms with Gasteiger partial charge in [0.15, 0.2) is 5.78 Å². The molecule has 1 aliphatic carbocycles. The van der Waals surface area contributed by atoms with Gasteiger partial charge in [-0.3, -0.25) is 9.59 Å². The number of ketones is 2. The number of Topliss-reactive ketones (excluding diaryl/α,β-unsaturated/α-hetero) is 2. The van der Waals surface area contributed by atoms with Crippen molar-refractivity contribution in [2.24, 2.45) is 5.92 Å². The average molecular weight is 241 g/mol. The third-order valence-electron chi connectivity index (χ3n) is 3.77. The smallest absolute Gasteiger partial charge is 0.168 e. The van der Waals surface area contributed by atoms with Crippen LogP contribution in [0.25, 0.3) is 10.9 Å². The fourth-order valence-corrected chi connectivity index (χ4v) is 2.70. The van der Waals surface area contributed by atoms with E-state index in [9.17, 15) is 9.59 Å². The Balaban J connectivity index is 1.90. The van der Waals surface area contributed by atoms with E-state index in [0.29, 0.717) is 25.7 Å². The van der Waals surface area contributed by atoms with Gasteiger partial charge in [-0.1, -0.05) is 18.2 Å². The van der Waals surface area contributed by atoms with E-state index in [1.54, 1.807) is 6.20 Å². The third kappa shape index (κ3) is 1.86. The normalized spacial score (nSPS) is 17.2. The van der Waals surface area contributed by atoms with E-state index in [2.05, 4.69) is 4.98 Å². The number of H-pyrrole nitrogens is 1.